The largest absolute Gasteiger partial charge is 0.454 e. The number of nitrogens with one attached hydrogen (secondary N) is 3. The van der Waals surface area contributed by atoms with E-state index < -0.39 is 36.5 Å². The molecule has 0 saturated heterocycles. The van der Waals surface area contributed by atoms with Gasteiger partial charge in [0.1, 0.15) is 6.04 Å². The number of carbonyl (C=O) groups is 4. The van der Waals surface area contributed by atoms with Crippen molar-refractivity contribution in [3.8, 4) is 0 Å². The zero-order chi connectivity index (χ0) is 18.8. The van der Waals surface area contributed by atoms with Crippen LogP contribution in [0.4, 0.5) is 4.79 Å². The predicted molar refractivity (Wildman–Crippen MR) is 91.1 cm³/mol. The van der Waals surface area contributed by atoms with E-state index in [1.54, 1.807) is 18.2 Å². The number of benzene rings is 1. The van der Waals surface area contributed by atoms with Crippen molar-refractivity contribution < 1.29 is 23.9 Å². The molecular formula is C16H18ClN3O5. The van der Waals surface area contributed by atoms with Gasteiger partial charge in [0.2, 0.25) is 0 Å². The minimum absolute atomic E-state index is 0.185. The molecule has 1 aromatic rings. The first-order valence-electron chi connectivity index (χ1n) is 7.25. The summed E-state index contributed by atoms with van der Waals surface area (Å²) in [5.41, 5.74) is 0.209. The van der Waals surface area contributed by atoms with E-state index in [0.29, 0.717) is 0 Å². The Bertz CT molecular complexity index is 677. The van der Waals surface area contributed by atoms with Crippen LogP contribution in [0.2, 0.25) is 5.02 Å². The Morgan fingerprint density at radius 2 is 1.96 bits per heavy atom. The molecule has 0 bridgehead atoms. The number of imide groups is 1. The van der Waals surface area contributed by atoms with Gasteiger partial charge in [-0.05, 0) is 19.1 Å². The van der Waals surface area contributed by atoms with Gasteiger partial charge in [-0.25, -0.2) is 9.59 Å². The molecule has 0 aromatic heterocycles. The lowest BCUT2D eigenvalue weighted by Gasteiger charge is -2.13. The van der Waals surface area contributed by atoms with Crippen LogP contribution in [-0.4, -0.2) is 43.0 Å². The Labute approximate surface area is 149 Å². The normalized spacial score (nSPS) is 11.0. The number of urea groups is 1. The summed E-state index contributed by atoms with van der Waals surface area (Å²) in [4.78, 5) is 46.5. The Kier molecular flexibility index (Phi) is 8.14. The first-order valence-corrected chi connectivity index (χ1v) is 7.63. The maximum absolute atomic E-state index is 12.0. The van der Waals surface area contributed by atoms with Crippen molar-refractivity contribution >= 4 is 35.4 Å². The van der Waals surface area contributed by atoms with Crippen molar-refractivity contribution in [1.29, 1.82) is 0 Å². The third-order valence-electron chi connectivity index (χ3n) is 2.83. The monoisotopic (exact) mass is 367 g/mol. The molecule has 0 aliphatic rings. The molecule has 1 rings (SSSR count). The predicted octanol–water partition coefficient (Wildman–Crippen LogP) is 1.01. The molecule has 1 atom stereocenters. The Morgan fingerprint density at radius 1 is 1.28 bits per heavy atom. The van der Waals surface area contributed by atoms with Gasteiger partial charge >= 0.3 is 12.0 Å². The highest BCUT2D eigenvalue weighted by Crippen LogP contribution is 2.14. The molecule has 0 aliphatic carbocycles. The first-order chi connectivity index (χ1) is 11.8. The number of hydrogen-bond acceptors (Lipinski definition) is 5. The summed E-state index contributed by atoms with van der Waals surface area (Å²) in [7, 11) is 0. The minimum atomic E-state index is -1.01. The lowest BCUT2D eigenvalue weighted by Crippen LogP contribution is -2.43. The van der Waals surface area contributed by atoms with Crippen LogP contribution in [0.5, 0.6) is 0 Å². The summed E-state index contributed by atoms with van der Waals surface area (Å²) >= 11 is 5.90. The van der Waals surface area contributed by atoms with Crippen LogP contribution < -0.4 is 16.0 Å². The van der Waals surface area contributed by atoms with Crippen molar-refractivity contribution in [3.63, 3.8) is 0 Å². The Morgan fingerprint density at radius 3 is 2.60 bits per heavy atom. The zero-order valence-corrected chi connectivity index (χ0v) is 14.3. The van der Waals surface area contributed by atoms with Crippen LogP contribution in [0.3, 0.4) is 0 Å². The molecule has 3 N–H and O–H groups in total. The Balaban J connectivity index is 2.43. The van der Waals surface area contributed by atoms with Gasteiger partial charge in [0.05, 0.1) is 10.6 Å². The molecule has 9 heteroatoms. The smallest absolute Gasteiger partial charge is 0.328 e. The van der Waals surface area contributed by atoms with Crippen molar-refractivity contribution in [1.82, 2.24) is 16.0 Å². The molecule has 4 amide bonds. The van der Waals surface area contributed by atoms with Crippen molar-refractivity contribution in [3.05, 3.63) is 47.5 Å². The van der Waals surface area contributed by atoms with Crippen LogP contribution in [0.25, 0.3) is 0 Å². The first kappa shape index (κ1) is 20.2. The van der Waals surface area contributed by atoms with Crippen molar-refractivity contribution in [2.75, 3.05) is 13.2 Å². The second kappa shape index (κ2) is 10.1. The van der Waals surface area contributed by atoms with E-state index in [1.807, 2.05) is 5.32 Å². The van der Waals surface area contributed by atoms with E-state index in [4.69, 9.17) is 16.3 Å². The molecule has 0 unspecified atom stereocenters. The molecule has 1 aromatic carbocycles. The maximum atomic E-state index is 12.0. The number of rotatable bonds is 7. The third-order valence-corrected chi connectivity index (χ3v) is 3.15. The summed E-state index contributed by atoms with van der Waals surface area (Å²) < 4.78 is 4.74. The lowest BCUT2D eigenvalue weighted by molar-refractivity contribution is -0.149. The second-order valence-electron chi connectivity index (χ2n) is 4.83. The van der Waals surface area contributed by atoms with Crippen LogP contribution in [0.15, 0.2) is 36.9 Å². The highest BCUT2D eigenvalue weighted by atomic mass is 35.5. The average Bonchev–Trinajstić information content (AvgIpc) is 2.57. The highest BCUT2D eigenvalue weighted by molar-refractivity contribution is 6.33. The molecule has 0 saturated carbocycles. The average molecular weight is 368 g/mol. The molecule has 134 valence electrons. The molecule has 0 radical (unpaired) electrons. The standard InChI is InChI=1S/C16H18ClN3O5/c1-3-8-18-16(24)20-13(21)9-25-15(23)10(2)19-14(22)11-6-4-5-7-12(11)17/h3-7,10H,1,8-9H2,2H3,(H,19,22)(H2,18,20,21,24)/t10-/m0/s1. The highest BCUT2D eigenvalue weighted by Gasteiger charge is 2.20. The number of esters is 1. The van der Waals surface area contributed by atoms with Crippen LogP contribution in [0, 0.1) is 0 Å². The summed E-state index contributed by atoms with van der Waals surface area (Å²) in [6, 6.07) is 4.60. The number of ether oxygens (including phenoxy) is 1. The van der Waals surface area contributed by atoms with Gasteiger partial charge in [0.15, 0.2) is 6.61 Å². The topological polar surface area (TPSA) is 114 Å². The molecule has 25 heavy (non-hydrogen) atoms. The van der Waals surface area contributed by atoms with Gasteiger partial charge < -0.3 is 15.4 Å². The van der Waals surface area contributed by atoms with E-state index in [-0.39, 0.29) is 17.1 Å². The van der Waals surface area contributed by atoms with Gasteiger partial charge in [0, 0.05) is 6.54 Å². The van der Waals surface area contributed by atoms with Crippen LogP contribution in [-0.2, 0) is 14.3 Å². The Hall–Kier alpha value is -2.87. The SMILES string of the molecule is C=CCNC(=O)NC(=O)COC(=O)[C@H](C)NC(=O)c1ccccc1Cl. The van der Waals surface area contributed by atoms with Gasteiger partial charge in [-0.3, -0.25) is 14.9 Å². The molecule has 0 heterocycles. The van der Waals surface area contributed by atoms with E-state index >= 15 is 0 Å². The van der Waals surface area contributed by atoms with Gasteiger partial charge in [0.25, 0.3) is 11.8 Å². The molecule has 0 fully saturated rings. The number of carbonyl (C=O) groups excluding carboxylic acids is 4. The minimum Gasteiger partial charge on any atom is -0.454 e. The van der Waals surface area contributed by atoms with E-state index in [1.165, 1.54) is 19.1 Å². The molecule has 8 nitrogen and oxygen atoms in total. The fourth-order valence-corrected chi connectivity index (χ4v) is 1.83. The maximum Gasteiger partial charge on any atom is 0.328 e. The summed E-state index contributed by atoms with van der Waals surface area (Å²) in [6.07, 6.45) is 1.44. The number of amides is 4. The van der Waals surface area contributed by atoms with E-state index in [0.717, 1.165) is 0 Å². The lowest BCUT2D eigenvalue weighted by atomic mass is 10.2. The third kappa shape index (κ3) is 7.05. The zero-order valence-electron chi connectivity index (χ0n) is 13.5. The van der Waals surface area contributed by atoms with Gasteiger partial charge in [-0.1, -0.05) is 29.8 Å². The van der Waals surface area contributed by atoms with Crippen LogP contribution >= 0.6 is 11.6 Å². The molecule has 0 spiro atoms. The second-order valence-corrected chi connectivity index (χ2v) is 5.24. The van der Waals surface area contributed by atoms with Crippen LogP contribution in [0.1, 0.15) is 17.3 Å². The summed E-state index contributed by atoms with van der Waals surface area (Å²) in [5, 5.41) is 6.94. The molecular weight excluding hydrogens is 350 g/mol. The summed E-state index contributed by atoms with van der Waals surface area (Å²) in [6.45, 7) is 4.32. The van der Waals surface area contributed by atoms with Crippen molar-refractivity contribution in [2.24, 2.45) is 0 Å². The van der Waals surface area contributed by atoms with Crippen molar-refractivity contribution in [2.45, 2.75) is 13.0 Å². The number of halogens is 1. The number of hydrogen-bond donors (Lipinski definition) is 3. The quantitative estimate of drug-likeness (QED) is 0.491. The van der Waals surface area contributed by atoms with Gasteiger partial charge in [-0.15, -0.1) is 6.58 Å². The summed E-state index contributed by atoms with van der Waals surface area (Å²) in [5.74, 6) is -2.19. The van der Waals surface area contributed by atoms with E-state index in [9.17, 15) is 19.2 Å². The van der Waals surface area contributed by atoms with E-state index in [2.05, 4.69) is 17.2 Å². The molecule has 0 aliphatic heterocycles. The van der Waals surface area contributed by atoms with Gasteiger partial charge in [-0.2, -0.15) is 0 Å². The fraction of sp³-hybridized carbons (Fsp3) is 0.250. The fourth-order valence-electron chi connectivity index (χ4n) is 1.61.